The number of hydrogen-bond acceptors (Lipinski definition) is 4. The van der Waals surface area contributed by atoms with E-state index in [1.165, 1.54) is 6.07 Å². The maximum Gasteiger partial charge on any atom is 0.279 e. The smallest absolute Gasteiger partial charge is 0.279 e. The van der Waals surface area contributed by atoms with Crippen LogP contribution in [-0.4, -0.2) is 17.1 Å². The van der Waals surface area contributed by atoms with Crippen LogP contribution in [0.25, 0.3) is 0 Å². The minimum atomic E-state index is -0.612. The molecular weight excluding hydrogens is 269 g/mol. The van der Waals surface area contributed by atoms with Crippen LogP contribution in [0.15, 0.2) is 22.3 Å². The highest BCUT2D eigenvalue weighted by atomic mass is 35.5. The zero-order valence-corrected chi connectivity index (χ0v) is 9.81. The molecule has 0 aliphatic heterocycles. The third kappa shape index (κ3) is 3.58. The Labute approximate surface area is 106 Å². The van der Waals surface area contributed by atoms with E-state index in [9.17, 15) is 10.1 Å². The van der Waals surface area contributed by atoms with Crippen molar-refractivity contribution >= 4 is 41.1 Å². The Balaban J connectivity index is 3.22. The molecule has 7 nitrogen and oxygen atoms in total. The molecule has 0 saturated carbocycles. The summed E-state index contributed by atoms with van der Waals surface area (Å²) < 4.78 is 0. The minimum Gasteiger partial charge on any atom is -0.369 e. The summed E-state index contributed by atoms with van der Waals surface area (Å²) in [5.74, 6) is -0.260. The number of rotatable bonds is 3. The summed E-state index contributed by atoms with van der Waals surface area (Å²) in [5, 5.41) is 17.8. The minimum absolute atomic E-state index is 0.0809. The molecule has 0 aromatic heterocycles. The van der Waals surface area contributed by atoms with Crippen molar-refractivity contribution in [2.24, 2.45) is 21.7 Å². The molecule has 4 N–H and O–H groups in total. The van der Waals surface area contributed by atoms with Gasteiger partial charge in [0.25, 0.3) is 5.69 Å². The normalized spacial score (nSPS) is 10.5. The van der Waals surface area contributed by atoms with Crippen LogP contribution in [0, 0.1) is 10.1 Å². The lowest BCUT2D eigenvalue weighted by Crippen LogP contribution is -2.21. The number of hydrogen-bond donors (Lipinski definition) is 2. The van der Waals surface area contributed by atoms with Crippen molar-refractivity contribution in [3.8, 4) is 0 Å². The van der Waals surface area contributed by atoms with E-state index in [4.69, 9.17) is 34.7 Å². The number of guanidine groups is 1. The molecular formula is C8H7Cl2N5O2. The van der Waals surface area contributed by atoms with Gasteiger partial charge in [0.1, 0.15) is 0 Å². The number of nitrogens with zero attached hydrogens (tertiary/aromatic N) is 3. The van der Waals surface area contributed by atoms with Crippen LogP contribution in [0.3, 0.4) is 0 Å². The molecule has 1 aromatic carbocycles. The lowest BCUT2D eigenvalue weighted by atomic mass is 10.2. The van der Waals surface area contributed by atoms with Gasteiger partial charge in [-0.15, -0.1) is 5.10 Å². The summed E-state index contributed by atoms with van der Waals surface area (Å²) in [5.41, 5.74) is 9.99. The molecule has 0 heterocycles. The van der Waals surface area contributed by atoms with Crippen molar-refractivity contribution in [3.63, 3.8) is 0 Å². The predicted molar refractivity (Wildman–Crippen MR) is 66.5 cm³/mol. The van der Waals surface area contributed by atoms with Crippen molar-refractivity contribution in [2.75, 3.05) is 0 Å². The number of halogens is 2. The summed E-state index contributed by atoms with van der Waals surface area (Å²) in [6.45, 7) is 0. The summed E-state index contributed by atoms with van der Waals surface area (Å²) in [7, 11) is 0. The zero-order valence-electron chi connectivity index (χ0n) is 8.30. The van der Waals surface area contributed by atoms with Crippen LogP contribution >= 0.6 is 23.2 Å². The number of nitrogens with two attached hydrogens (primary N) is 2. The van der Waals surface area contributed by atoms with Crippen LogP contribution in [0.1, 0.15) is 5.56 Å². The van der Waals surface area contributed by atoms with Crippen molar-refractivity contribution in [1.82, 2.24) is 0 Å². The van der Waals surface area contributed by atoms with Crippen LogP contribution in [0.4, 0.5) is 5.69 Å². The van der Waals surface area contributed by atoms with Gasteiger partial charge in [-0.1, -0.05) is 23.2 Å². The fourth-order valence-corrected chi connectivity index (χ4v) is 1.30. The highest BCUT2D eigenvalue weighted by Crippen LogP contribution is 2.29. The zero-order chi connectivity index (χ0) is 13.0. The number of nitro groups is 1. The molecule has 0 aliphatic rings. The third-order valence-corrected chi connectivity index (χ3v) is 2.36. The first-order chi connectivity index (χ1) is 7.91. The molecule has 1 rings (SSSR count). The van der Waals surface area contributed by atoms with E-state index in [1.807, 2.05) is 0 Å². The lowest BCUT2D eigenvalue weighted by Gasteiger charge is -1.99. The first kappa shape index (κ1) is 13.2. The number of benzene rings is 1. The Hall–Kier alpha value is -1.86. The molecule has 1 aromatic rings. The maximum absolute atomic E-state index is 10.7. The van der Waals surface area contributed by atoms with Crippen molar-refractivity contribution in [1.29, 1.82) is 0 Å². The lowest BCUT2D eigenvalue weighted by molar-refractivity contribution is -0.385. The van der Waals surface area contributed by atoms with Gasteiger partial charge in [-0.3, -0.25) is 10.1 Å². The van der Waals surface area contributed by atoms with Gasteiger partial charge in [-0.05, 0) is 6.07 Å². The second kappa shape index (κ2) is 5.46. The molecule has 0 fully saturated rings. The molecule has 90 valence electrons. The second-order valence-corrected chi connectivity index (χ2v) is 3.67. The maximum atomic E-state index is 10.7. The first-order valence-electron chi connectivity index (χ1n) is 4.17. The monoisotopic (exact) mass is 275 g/mol. The fraction of sp³-hybridized carbons (Fsp3) is 0. The van der Waals surface area contributed by atoms with Gasteiger partial charge >= 0.3 is 0 Å². The molecule has 0 unspecified atom stereocenters. The predicted octanol–water partition coefficient (Wildman–Crippen LogP) is 1.51. The van der Waals surface area contributed by atoms with Crippen molar-refractivity contribution in [3.05, 3.63) is 37.9 Å². The molecule has 9 heteroatoms. The van der Waals surface area contributed by atoms with Gasteiger partial charge in [-0.2, -0.15) is 5.10 Å². The Kier molecular flexibility index (Phi) is 4.24. The molecule has 0 saturated heterocycles. The molecule has 17 heavy (non-hydrogen) atoms. The third-order valence-electron chi connectivity index (χ3n) is 1.64. The van der Waals surface area contributed by atoms with E-state index < -0.39 is 4.92 Å². The van der Waals surface area contributed by atoms with Gasteiger partial charge in [-0.25, -0.2) is 0 Å². The van der Waals surface area contributed by atoms with Crippen molar-refractivity contribution in [2.45, 2.75) is 0 Å². The largest absolute Gasteiger partial charge is 0.369 e. The first-order valence-corrected chi connectivity index (χ1v) is 4.93. The van der Waals surface area contributed by atoms with Gasteiger partial charge in [0, 0.05) is 6.07 Å². The van der Waals surface area contributed by atoms with Crippen LogP contribution in [0.5, 0.6) is 0 Å². The van der Waals surface area contributed by atoms with Crippen LogP contribution in [-0.2, 0) is 0 Å². The van der Waals surface area contributed by atoms with Crippen molar-refractivity contribution < 1.29 is 4.92 Å². The van der Waals surface area contributed by atoms with Gasteiger partial charge in [0.05, 0.1) is 26.7 Å². The van der Waals surface area contributed by atoms with Crippen LogP contribution in [0.2, 0.25) is 10.0 Å². The van der Waals surface area contributed by atoms with E-state index in [0.717, 1.165) is 12.3 Å². The van der Waals surface area contributed by atoms with Gasteiger partial charge in [0.15, 0.2) is 0 Å². The summed E-state index contributed by atoms with van der Waals surface area (Å²) in [4.78, 5) is 10.1. The Bertz CT molecular complexity index is 511. The Morgan fingerprint density at radius 1 is 1.35 bits per heavy atom. The molecule has 0 bridgehead atoms. The Morgan fingerprint density at radius 2 is 1.94 bits per heavy atom. The molecule has 0 spiro atoms. The average molecular weight is 276 g/mol. The molecule has 0 amide bonds. The standard InChI is InChI=1S/C8H7Cl2N5O2/c9-5-1-4(3-13-14-8(11)12)7(15(16)17)2-6(5)10/h1-3H,(H4,11,12,14). The van der Waals surface area contributed by atoms with Gasteiger partial charge < -0.3 is 11.5 Å². The van der Waals surface area contributed by atoms with E-state index in [2.05, 4.69) is 10.2 Å². The highest BCUT2D eigenvalue weighted by Gasteiger charge is 2.15. The summed E-state index contributed by atoms with van der Waals surface area (Å²) in [6, 6.07) is 2.43. The van der Waals surface area contributed by atoms with Gasteiger partial charge in [0.2, 0.25) is 5.96 Å². The van der Waals surface area contributed by atoms with Crippen LogP contribution < -0.4 is 11.5 Å². The topological polar surface area (TPSA) is 120 Å². The second-order valence-electron chi connectivity index (χ2n) is 2.85. The molecule has 0 aliphatic carbocycles. The fourth-order valence-electron chi connectivity index (χ4n) is 0.971. The van der Waals surface area contributed by atoms with E-state index in [0.29, 0.717) is 0 Å². The summed E-state index contributed by atoms with van der Waals surface area (Å²) >= 11 is 11.4. The molecule has 0 radical (unpaired) electrons. The quantitative estimate of drug-likeness (QED) is 0.376. The summed E-state index contributed by atoms with van der Waals surface area (Å²) in [6.07, 6.45) is 1.11. The average Bonchev–Trinajstić information content (AvgIpc) is 2.22. The Morgan fingerprint density at radius 3 is 2.47 bits per heavy atom. The number of nitro benzene ring substituents is 1. The molecule has 0 atom stereocenters. The highest BCUT2D eigenvalue weighted by molar-refractivity contribution is 6.42. The van der Waals surface area contributed by atoms with E-state index >= 15 is 0 Å². The SMILES string of the molecule is NC(N)=NN=Cc1cc(Cl)c(Cl)cc1[N+](=O)[O-]. The van der Waals surface area contributed by atoms with E-state index in [1.54, 1.807) is 0 Å². The van der Waals surface area contributed by atoms with E-state index in [-0.39, 0.29) is 27.3 Å².